The average Bonchev–Trinajstić information content (AvgIpc) is 2.31. The van der Waals surface area contributed by atoms with Crippen molar-refractivity contribution in [3.8, 4) is 0 Å². The number of carbonyl (C=O) groups is 1. The van der Waals surface area contributed by atoms with Gasteiger partial charge in [-0.05, 0) is 6.92 Å². The molecule has 72 valence electrons. The summed E-state index contributed by atoms with van der Waals surface area (Å²) in [5.74, 6) is -0.391. The van der Waals surface area contributed by atoms with Gasteiger partial charge in [0.05, 0.1) is 7.11 Å². The summed E-state index contributed by atoms with van der Waals surface area (Å²) in [6.45, 7) is 1.89. The molecule has 1 saturated heterocycles. The van der Waals surface area contributed by atoms with Crippen LogP contribution in [0.25, 0.3) is 0 Å². The highest BCUT2D eigenvalue weighted by molar-refractivity contribution is 5.85. The van der Waals surface area contributed by atoms with Crippen LogP contribution in [0.1, 0.15) is 13.3 Å². The summed E-state index contributed by atoms with van der Waals surface area (Å²) in [6.07, 6.45) is -0.723. The fraction of sp³-hybridized carbons (Fsp3) is 0.857. The van der Waals surface area contributed by atoms with Crippen molar-refractivity contribution in [1.29, 1.82) is 0 Å². The van der Waals surface area contributed by atoms with E-state index in [0.29, 0.717) is 0 Å². The Bertz CT molecular complexity index is 179. The molecule has 0 amide bonds. The number of halogens is 2. The lowest BCUT2D eigenvalue weighted by atomic mass is 10.0. The third-order valence-corrected chi connectivity index (χ3v) is 1.98. The zero-order valence-electron chi connectivity index (χ0n) is 7.09. The third kappa shape index (κ3) is 2.08. The fourth-order valence-electron chi connectivity index (χ4n) is 1.30. The molecule has 1 aliphatic rings. The average molecular weight is 198 g/mol. The lowest BCUT2D eigenvalue weighted by molar-refractivity contribution is -0.147. The molecule has 1 rings (SSSR count). The number of methoxy groups -OCH3 is 1. The van der Waals surface area contributed by atoms with Crippen LogP contribution < -0.4 is 5.32 Å². The second kappa shape index (κ2) is 4.05. The van der Waals surface area contributed by atoms with Crippen LogP contribution in [0.3, 0.4) is 0 Å². The Morgan fingerprint density at radius 3 is 2.67 bits per heavy atom. The van der Waals surface area contributed by atoms with E-state index in [1.165, 1.54) is 7.11 Å². The number of esters is 1. The van der Waals surface area contributed by atoms with E-state index in [1.54, 1.807) is 6.92 Å². The number of rotatable bonds is 1. The molecule has 0 bridgehead atoms. The predicted octanol–water partition coefficient (Wildman–Crippen LogP) is 0.671. The second-order valence-electron chi connectivity index (χ2n) is 3.01. The molecule has 1 heterocycles. The summed E-state index contributed by atoms with van der Waals surface area (Å²) in [7, 11) is 1.31. The molecule has 5 heteroatoms. The van der Waals surface area contributed by atoms with Crippen molar-refractivity contribution in [3.05, 3.63) is 0 Å². The molecule has 0 aromatic carbocycles. The van der Waals surface area contributed by atoms with Crippen molar-refractivity contribution in [2.45, 2.75) is 25.1 Å². The first-order chi connectivity index (χ1) is 5.08. The smallest absolute Gasteiger partial charge is 0.325 e. The summed E-state index contributed by atoms with van der Waals surface area (Å²) in [4.78, 5) is 11.0. The molecular weight excluding hydrogens is 185 g/mol. The monoisotopic (exact) mass is 197 g/mol. The van der Waals surface area contributed by atoms with Gasteiger partial charge in [-0.25, -0.2) is 4.39 Å². The molecule has 0 aromatic heterocycles. The summed E-state index contributed by atoms with van der Waals surface area (Å²) < 4.78 is 17.2. The van der Waals surface area contributed by atoms with Crippen LogP contribution in [0.15, 0.2) is 0 Å². The van der Waals surface area contributed by atoms with Gasteiger partial charge >= 0.3 is 5.97 Å². The van der Waals surface area contributed by atoms with Gasteiger partial charge in [0.15, 0.2) is 0 Å². The van der Waals surface area contributed by atoms with Crippen molar-refractivity contribution in [3.63, 3.8) is 0 Å². The van der Waals surface area contributed by atoms with Gasteiger partial charge in [-0.1, -0.05) is 0 Å². The number of hydrogen-bond acceptors (Lipinski definition) is 3. The minimum Gasteiger partial charge on any atom is -0.468 e. The number of alkyl halides is 1. The molecule has 2 atom stereocenters. The first kappa shape index (κ1) is 11.6. The van der Waals surface area contributed by atoms with Crippen LogP contribution in [0.4, 0.5) is 4.39 Å². The zero-order chi connectivity index (χ0) is 8.48. The van der Waals surface area contributed by atoms with Crippen LogP contribution >= 0.6 is 12.4 Å². The lowest BCUT2D eigenvalue weighted by Gasteiger charge is -2.19. The van der Waals surface area contributed by atoms with Gasteiger partial charge < -0.3 is 4.74 Å². The minimum atomic E-state index is -0.931. The summed E-state index contributed by atoms with van der Waals surface area (Å²) in [6, 6.07) is 0. The second-order valence-corrected chi connectivity index (χ2v) is 3.01. The maximum Gasteiger partial charge on any atom is 0.325 e. The van der Waals surface area contributed by atoms with E-state index < -0.39 is 17.7 Å². The highest BCUT2D eigenvalue weighted by atomic mass is 35.5. The van der Waals surface area contributed by atoms with Gasteiger partial charge in [0.25, 0.3) is 0 Å². The van der Waals surface area contributed by atoms with Crippen LogP contribution in [0.5, 0.6) is 0 Å². The predicted molar refractivity (Wildman–Crippen MR) is 45.2 cm³/mol. The topological polar surface area (TPSA) is 38.3 Å². The molecule has 0 aromatic rings. The SMILES string of the molecule is COC(=O)C1(C)CC(F)CN1.Cl. The van der Waals surface area contributed by atoms with Crippen molar-refractivity contribution in [2.75, 3.05) is 13.7 Å². The Morgan fingerprint density at radius 1 is 1.75 bits per heavy atom. The summed E-state index contributed by atoms with van der Waals surface area (Å²) in [5.41, 5.74) is -0.811. The third-order valence-electron chi connectivity index (χ3n) is 1.98. The number of carbonyl (C=O) groups excluding carboxylic acids is 1. The number of hydrogen-bond donors (Lipinski definition) is 1. The van der Waals surface area contributed by atoms with E-state index in [9.17, 15) is 9.18 Å². The molecule has 0 spiro atoms. The molecule has 0 aliphatic carbocycles. The van der Waals surface area contributed by atoms with E-state index in [2.05, 4.69) is 10.1 Å². The van der Waals surface area contributed by atoms with E-state index in [4.69, 9.17) is 0 Å². The zero-order valence-corrected chi connectivity index (χ0v) is 7.91. The van der Waals surface area contributed by atoms with Gasteiger partial charge in [-0.2, -0.15) is 0 Å². The molecular formula is C7H13ClFNO2. The van der Waals surface area contributed by atoms with Crippen LogP contribution in [-0.4, -0.2) is 31.3 Å². The van der Waals surface area contributed by atoms with Gasteiger partial charge in [0.2, 0.25) is 0 Å². The van der Waals surface area contributed by atoms with E-state index in [-0.39, 0.29) is 25.4 Å². The van der Waals surface area contributed by atoms with Gasteiger partial charge in [-0.3, -0.25) is 10.1 Å². The normalized spacial score (nSPS) is 34.1. The maximum atomic E-state index is 12.6. The Morgan fingerprint density at radius 2 is 2.33 bits per heavy atom. The lowest BCUT2D eigenvalue weighted by Crippen LogP contribution is -2.45. The highest BCUT2D eigenvalue weighted by Gasteiger charge is 2.41. The fourth-order valence-corrected chi connectivity index (χ4v) is 1.30. The van der Waals surface area contributed by atoms with Crippen LogP contribution in [0.2, 0.25) is 0 Å². The number of nitrogens with one attached hydrogen (secondary N) is 1. The van der Waals surface area contributed by atoms with Gasteiger partial charge in [0.1, 0.15) is 11.7 Å². The first-order valence-electron chi connectivity index (χ1n) is 3.56. The summed E-state index contributed by atoms with van der Waals surface area (Å²) in [5, 5.41) is 2.78. The van der Waals surface area contributed by atoms with Crippen molar-refractivity contribution < 1.29 is 13.9 Å². The molecule has 2 unspecified atom stereocenters. The first-order valence-corrected chi connectivity index (χ1v) is 3.56. The van der Waals surface area contributed by atoms with Crippen LogP contribution in [-0.2, 0) is 9.53 Å². The molecule has 0 saturated carbocycles. The molecule has 12 heavy (non-hydrogen) atoms. The van der Waals surface area contributed by atoms with E-state index in [1.807, 2.05) is 0 Å². The van der Waals surface area contributed by atoms with Crippen molar-refractivity contribution in [1.82, 2.24) is 5.32 Å². The highest BCUT2D eigenvalue weighted by Crippen LogP contribution is 2.22. The largest absolute Gasteiger partial charge is 0.468 e. The molecule has 0 radical (unpaired) electrons. The summed E-state index contributed by atoms with van der Waals surface area (Å²) >= 11 is 0. The van der Waals surface area contributed by atoms with E-state index in [0.717, 1.165) is 0 Å². The molecule has 3 nitrogen and oxygen atoms in total. The van der Waals surface area contributed by atoms with E-state index >= 15 is 0 Å². The Kier molecular flexibility index (Phi) is 3.93. The van der Waals surface area contributed by atoms with Gasteiger partial charge in [0, 0.05) is 13.0 Å². The molecule has 1 fully saturated rings. The van der Waals surface area contributed by atoms with Crippen molar-refractivity contribution >= 4 is 18.4 Å². The van der Waals surface area contributed by atoms with Crippen LogP contribution in [0, 0.1) is 0 Å². The Balaban J connectivity index is 0.00000121. The maximum absolute atomic E-state index is 12.6. The minimum absolute atomic E-state index is 0. The van der Waals surface area contributed by atoms with Crippen molar-refractivity contribution in [2.24, 2.45) is 0 Å². The quantitative estimate of drug-likeness (QED) is 0.628. The standard InChI is InChI=1S/C7H12FNO2.ClH/c1-7(6(10)11-2)3-5(8)4-9-7;/h5,9H,3-4H2,1-2H3;1H. The number of ether oxygens (including phenoxy) is 1. The van der Waals surface area contributed by atoms with Gasteiger partial charge in [-0.15, -0.1) is 12.4 Å². The Labute approximate surface area is 77.1 Å². The molecule has 1 aliphatic heterocycles. The Hall–Kier alpha value is -0.350. The molecule has 1 N–H and O–H groups in total.